The molecule has 0 N–H and O–H groups in total. The molecule has 0 bridgehead atoms. The van der Waals surface area contributed by atoms with E-state index in [4.69, 9.17) is 0 Å². The fraction of sp³-hybridized carbons (Fsp3) is 0.556. The molecule has 0 radical (unpaired) electrons. The number of piperazine rings is 1. The van der Waals surface area contributed by atoms with Crippen molar-refractivity contribution in [3.63, 3.8) is 0 Å². The SMILES string of the molecule is C=CC(=O)N1CCN(Cc2ccc(C)nc2)C[C@@H]1[C@H](C)CC. The van der Waals surface area contributed by atoms with Gasteiger partial charge in [-0.05, 0) is 30.5 Å². The van der Waals surface area contributed by atoms with Crippen molar-refractivity contribution in [1.29, 1.82) is 0 Å². The third kappa shape index (κ3) is 3.95. The molecule has 1 aliphatic rings. The van der Waals surface area contributed by atoms with E-state index in [1.165, 1.54) is 11.6 Å². The second kappa shape index (κ2) is 7.54. The Morgan fingerprint density at radius 1 is 1.50 bits per heavy atom. The summed E-state index contributed by atoms with van der Waals surface area (Å²) >= 11 is 0. The number of carbonyl (C=O) groups excluding carboxylic acids is 1. The highest BCUT2D eigenvalue weighted by molar-refractivity contribution is 5.87. The van der Waals surface area contributed by atoms with Gasteiger partial charge in [-0.1, -0.05) is 32.9 Å². The minimum Gasteiger partial charge on any atom is -0.333 e. The summed E-state index contributed by atoms with van der Waals surface area (Å²) in [5.74, 6) is 0.546. The van der Waals surface area contributed by atoms with Gasteiger partial charge >= 0.3 is 0 Å². The van der Waals surface area contributed by atoms with Crippen LogP contribution in [0, 0.1) is 12.8 Å². The Labute approximate surface area is 133 Å². The Hall–Kier alpha value is -1.68. The maximum absolute atomic E-state index is 12.1. The summed E-state index contributed by atoms with van der Waals surface area (Å²) in [6, 6.07) is 4.46. The van der Waals surface area contributed by atoms with Gasteiger partial charge in [-0.2, -0.15) is 0 Å². The first-order chi connectivity index (χ1) is 10.5. The first-order valence-electron chi connectivity index (χ1n) is 8.12. The monoisotopic (exact) mass is 301 g/mol. The fourth-order valence-electron chi connectivity index (χ4n) is 3.01. The number of hydrogen-bond acceptors (Lipinski definition) is 3. The van der Waals surface area contributed by atoms with Crippen molar-refractivity contribution in [2.24, 2.45) is 5.92 Å². The Bertz CT molecular complexity index is 512. The average molecular weight is 301 g/mol. The van der Waals surface area contributed by atoms with E-state index < -0.39 is 0 Å². The number of hydrogen-bond donors (Lipinski definition) is 0. The molecule has 1 aliphatic heterocycles. The van der Waals surface area contributed by atoms with Crippen LogP contribution in [0.5, 0.6) is 0 Å². The molecule has 1 fully saturated rings. The van der Waals surface area contributed by atoms with Gasteiger partial charge in [0.15, 0.2) is 0 Å². The number of aryl methyl sites for hydroxylation is 1. The maximum atomic E-state index is 12.1. The van der Waals surface area contributed by atoms with E-state index in [0.29, 0.717) is 5.92 Å². The molecule has 0 saturated carbocycles. The number of nitrogens with zero attached hydrogens (tertiary/aromatic N) is 3. The highest BCUT2D eigenvalue weighted by Crippen LogP contribution is 2.21. The van der Waals surface area contributed by atoms with E-state index in [-0.39, 0.29) is 11.9 Å². The Morgan fingerprint density at radius 3 is 2.86 bits per heavy atom. The quantitative estimate of drug-likeness (QED) is 0.785. The van der Waals surface area contributed by atoms with Crippen LogP contribution in [0.25, 0.3) is 0 Å². The van der Waals surface area contributed by atoms with Gasteiger partial charge in [0.2, 0.25) is 5.91 Å². The summed E-state index contributed by atoms with van der Waals surface area (Å²) in [6.45, 7) is 13.5. The minimum absolute atomic E-state index is 0.0574. The van der Waals surface area contributed by atoms with E-state index in [1.54, 1.807) is 0 Å². The van der Waals surface area contributed by atoms with Crippen molar-refractivity contribution < 1.29 is 4.79 Å². The molecule has 4 nitrogen and oxygen atoms in total. The lowest BCUT2D eigenvalue weighted by molar-refractivity contribution is -0.132. The van der Waals surface area contributed by atoms with Crippen molar-refractivity contribution in [2.45, 2.75) is 39.8 Å². The number of carbonyl (C=O) groups is 1. The van der Waals surface area contributed by atoms with Crippen LogP contribution in [-0.2, 0) is 11.3 Å². The summed E-state index contributed by atoms with van der Waals surface area (Å²) in [5.41, 5.74) is 2.28. The zero-order valence-corrected chi connectivity index (χ0v) is 14.0. The zero-order valence-electron chi connectivity index (χ0n) is 14.0. The fourth-order valence-corrected chi connectivity index (χ4v) is 3.01. The summed E-state index contributed by atoms with van der Waals surface area (Å²) in [6.07, 6.45) is 4.47. The van der Waals surface area contributed by atoms with Crippen LogP contribution in [0.2, 0.25) is 0 Å². The molecule has 1 amide bonds. The lowest BCUT2D eigenvalue weighted by Crippen LogP contribution is -2.56. The molecule has 1 aromatic heterocycles. The minimum atomic E-state index is 0.0574. The Balaban J connectivity index is 2.05. The van der Waals surface area contributed by atoms with E-state index in [2.05, 4.69) is 42.4 Å². The summed E-state index contributed by atoms with van der Waals surface area (Å²) in [5, 5.41) is 0. The molecule has 1 aromatic rings. The molecule has 120 valence electrons. The van der Waals surface area contributed by atoms with Crippen LogP contribution >= 0.6 is 0 Å². The number of aromatic nitrogens is 1. The normalized spacial score (nSPS) is 20.7. The van der Waals surface area contributed by atoms with Gasteiger partial charge in [-0.25, -0.2) is 0 Å². The van der Waals surface area contributed by atoms with Crippen molar-refractivity contribution in [3.8, 4) is 0 Å². The molecule has 2 rings (SSSR count). The molecule has 22 heavy (non-hydrogen) atoms. The second-order valence-electron chi connectivity index (χ2n) is 6.23. The predicted octanol–water partition coefficient (Wildman–Crippen LogP) is 2.63. The molecule has 2 atom stereocenters. The topological polar surface area (TPSA) is 36.4 Å². The van der Waals surface area contributed by atoms with E-state index >= 15 is 0 Å². The molecule has 0 aromatic carbocycles. The Morgan fingerprint density at radius 2 is 2.27 bits per heavy atom. The van der Waals surface area contributed by atoms with E-state index in [9.17, 15) is 4.79 Å². The third-order valence-corrected chi connectivity index (χ3v) is 4.64. The van der Waals surface area contributed by atoms with Gasteiger partial charge in [0.1, 0.15) is 0 Å². The third-order valence-electron chi connectivity index (χ3n) is 4.64. The lowest BCUT2D eigenvalue weighted by Gasteiger charge is -2.43. The highest BCUT2D eigenvalue weighted by atomic mass is 16.2. The van der Waals surface area contributed by atoms with Crippen LogP contribution in [-0.4, -0.2) is 46.4 Å². The van der Waals surface area contributed by atoms with Crippen LogP contribution < -0.4 is 0 Å². The van der Waals surface area contributed by atoms with E-state index in [1.807, 2.05) is 18.0 Å². The van der Waals surface area contributed by atoms with Crippen LogP contribution in [0.4, 0.5) is 0 Å². The number of rotatable bonds is 5. The second-order valence-corrected chi connectivity index (χ2v) is 6.23. The zero-order chi connectivity index (χ0) is 16.1. The van der Waals surface area contributed by atoms with Gasteiger partial charge in [0, 0.05) is 44.1 Å². The molecular formula is C18H27N3O. The Kier molecular flexibility index (Phi) is 5.72. The number of amides is 1. The standard InChI is InChI=1S/C18H27N3O/c1-5-14(3)17-13-20(9-10-21(17)18(22)6-2)12-16-8-7-15(4)19-11-16/h6-8,11,14,17H,2,5,9-10,12-13H2,1,3-4H3/t14-,17-/m1/s1. The van der Waals surface area contributed by atoms with Crippen molar-refractivity contribution >= 4 is 5.91 Å². The first-order valence-corrected chi connectivity index (χ1v) is 8.12. The van der Waals surface area contributed by atoms with Gasteiger partial charge in [-0.3, -0.25) is 14.7 Å². The lowest BCUT2D eigenvalue weighted by atomic mass is 9.95. The average Bonchev–Trinajstić information content (AvgIpc) is 2.55. The summed E-state index contributed by atoms with van der Waals surface area (Å²) in [4.78, 5) is 20.9. The summed E-state index contributed by atoms with van der Waals surface area (Å²) < 4.78 is 0. The largest absolute Gasteiger partial charge is 0.333 e. The summed E-state index contributed by atoms with van der Waals surface area (Å²) in [7, 11) is 0. The molecule has 2 heterocycles. The van der Waals surface area contributed by atoms with E-state index in [0.717, 1.165) is 38.3 Å². The van der Waals surface area contributed by atoms with Crippen LogP contribution in [0.3, 0.4) is 0 Å². The van der Waals surface area contributed by atoms with Crippen molar-refractivity contribution in [2.75, 3.05) is 19.6 Å². The van der Waals surface area contributed by atoms with Gasteiger partial charge in [-0.15, -0.1) is 0 Å². The van der Waals surface area contributed by atoms with Gasteiger partial charge in [0.05, 0.1) is 0 Å². The van der Waals surface area contributed by atoms with Gasteiger partial charge in [0.25, 0.3) is 0 Å². The smallest absolute Gasteiger partial charge is 0.246 e. The first kappa shape index (κ1) is 16.7. The predicted molar refractivity (Wildman–Crippen MR) is 89.4 cm³/mol. The number of pyridine rings is 1. The van der Waals surface area contributed by atoms with Gasteiger partial charge < -0.3 is 4.90 Å². The molecule has 0 aliphatic carbocycles. The molecule has 4 heteroatoms. The molecule has 0 unspecified atom stereocenters. The van der Waals surface area contributed by atoms with Crippen LogP contribution in [0.15, 0.2) is 31.0 Å². The highest BCUT2D eigenvalue weighted by Gasteiger charge is 2.32. The van der Waals surface area contributed by atoms with Crippen molar-refractivity contribution in [3.05, 3.63) is 42.2 Å². The molecule has 1 saturated heterocycles. The van der Waals surface area contributed by atoms with Crippen LogP contribution in [0.1, 0.15) is 31.5 Å². The van der Waals surface area contributed by atoms with Crippen molar-refractivity contribution in [1.82, 2.24) is 14.8 Å². The molecular weight excluding hydrogens is 274 g/mol. The molecule has 0 spiro atoms. The maximum Gasteiger partial charge on any atom is 0.246 e.